The van der Waals surface area contributed by atoms with Crippen LogP contribution in [0.15, 0.2) is 12.2 Å². The van der Waals surface area contributed by atoms with Crippen molar-refractivity contribution in [3.63, 3.8) is 0 Å². The molecule has 0 radical (unpaired) electrons. The van der Waals surface area contributed by atoms with Gasteiger partial charge in [0.25, 0.3) is 0 Å². The lowest BCUT2D eigenvalue weighted by molar-refractivity contribution is 0.355. The zero-order valence-electron chi connectivity index (χ0n) is 16.1. The molecule has 0 aromatic heterocycles. The van der Waals surface area contributed by atoms with E-state index in [1.54, 1.807) is 0 Å². The topological polar surface area (TPSA) is 12.0 Å². The third kappa shape index (κ3) is 16.1. The molecule has 0 aromatic rings. The SMILES string of the molecule is CCCCCC/C=C/CCCCCCCCC(C)(C)NCC. The molecule has 0 aliphatic carbocycles. The maximum absolute atomic E-state index is 3.56. The van der Waals surface area contributed by atoms with Crippen molar-refractivity contribution in [2.75, 3.05) is 6.54 Å². The quantitative estimate of drug-likeness (QED) is 0.238. The minimum Gasteiger partial charge on any atom is -0.312 e. The summed E-state index contributed by atoms with van der Waals surface area (Å²) in [4.78, 5) is 0. The van der Waals surface area contributed by atoms with E-state index >= 15 is 0 Å². The average molecular weight is 310 g/mol. The highest BCUT2D eigenvalue weighted by Crippen LogP contribution is 2.15. The van der Waals surface area contributed by atoms with Crippen LogP contribution < -0.4 is 5.32 Å². The molecule has 0 bridgehead atoms. The van der Waals surface area contributed by atoms with Gasteiger partial charge in [-0.15, -0.1) is 0 Å². The molecule has 0 spiro atoms. The van der Waals surface area contributed by atoms with Crippen molar-refractivity contribution in [3.05, 3.63) is 12.2 Å². The van der Waals surface area contributed by atoms with Gasteiger partial charge in [-0.3, -0.25) is 0 Å². The van der Waals surface area contributed by atoms with Crippen molar-refractivity contribution in [1.29, 1.82) is 0 Å². The largest absolute Gasteiger partial charge is 0.312 e. The molecule has 0 aromatic carbocycles. The summed E-state index contributed by atoms with van der Waals surface area (Å²) in [6.45, 7) is 10.2. The van der Waals surface area contributed by atoms with Crippen LogP contribution in [0.25, 0.3) is 0 Å². The minimum absolute atomic E-state index is 0.330. The first-order valence-electron chi connectivity index (χ1n) is 10.0. The molecule has 0 aliphatic heterocycles. The third-order valence-electron chi connectivity index (χ3n) is 4.47. The highest BCUT2D eigenvalue weighted by molar-refractivity contribution is 4.81. The first kappa shape index (κ1) is 21.7. The highest BCUT2D eigenvalue weighted by Gasteiger charge is 2.14. The highest BCUT2D eigenvalue weighted by atomic mass is 14.9. The van der Waals surface area contributed by atoms with Crippen molar-refractivity contribution in [2.24, 2.45) is 0 Å². The summed E-state index contributed by atoms with van der Waals surface area (Å²) in [5.74, 6) is 0. The predicted molar refractivity (Wildman–Crippen MR) is 103 cm³/mol. The lowest BCUT2D eigenvalue weighted by atomic mass is 9.96. The van der Waals surface area contributed by atoms with Crippen LogP contribution in [0.2, 0.25) is 0 Å². The van der Waals surface area contributed by atoms with E-state index in [0.717, 1.165) is 6.54 Å². The second kappa shape index (κ2) is 15.6. The summed E-state index contributed by atoms with van der Waals surface area (Å²) < 4.78 is 0. The van der Waals surface area contributed by atoms with Crippen molar-refractivity contribution in [1.82, 2.24) is 5.32 Å². The van der Waals surface area contributed by atoms with Crippen molar-refractivity contribution in [2.45, 2.75) is 117 Å². The number of hydrogen-bond donors (Lipinski definition) is 1. The van der Waals surface area contributed by atoms with Crippen molar-refractivity contribution < 1.29 is 0 Å². The first-order valence-corrected chi connectivity index (χ1v) is 10.0. The van der Waals surface area contributed by atoms with Gasteiger partial charge in [0.05, 0.1) is 0 Å². The Labute approximate surface area is 141 Å². The average Bonchev–Trinajstić information content (AvgIpc) is 2.47. The molecule has 0 fully saturated rings. The Morgan fingerprint density at radius 3 is 1.73 bits per heavy atom. The van der Waals surface area contributed by atoms with Crippen molar-refractivity contribution in [3.8, 4) is 0 Å². The van der Waals surface area contributed by atoms with Gasteiger partial charge < -0.3 is 5.32 Å². The van der Waals surface area contributed by atoms with E-state index in [-0.39, 0.29) is 0 Å². The smallest absolute Gasteiger partial charge is 0.0125 e. The summed E-state index contributed by atoms with van der Waals surface area (Å²) in [5.41, 5.74) is 0.330. The van der Waals surface area contributed by atoms with Gasteiger partial charge in [0.1, 0.15) is 0 Å². The van der Waals surface area contributed by atoms with Crippen LogP contribution in [0.4, 0.5) is 0 Å². The van der Waals surface area contributed by atoms with Gasteiger partial charge in [0.15, 0.2) is 0 Å². The molecule has 1 nitrogen and oxygen atoms in total. The van der Waals surface area contributed by atoms with Gasteiger partial charge >= 0.3 is 0 Å². The molecule has 0 rings (SSSR count). The number of allylic oxidation sites excluding steroid dienone is 2. The van der Waals surface area contributed by atoms with Crippen LogP contribution in [-0.4, -0.2) is 12.1 Å². The Kier molecular flexibility index (Phi) is 15.4. The number of unbranched alkanes of at least 4 members (excludes halogenated alkanes) is 10. The van der Waals surface area contributed by atoms with E-state index < -0.39 is 0 Å². The van der Waals surface area contributed by atoms with Gasteiger partial charge in [0, 0.05) is 5.54 Å². The normalized spacial score (nSPS) is 12.4. The Balaban J connectivity index is 3.22. The summed E-state index contributed by atoms with van der Waals surface area (Å²) in [7, 11) is 0. The summed E-state index contributed by atoms with van der Waals surface area (Å²) >= 11 is 0. The fraction of sp³-hybridized carbons (Fsp3) is 0.905. The lowest BCUT2D eigenvalue weighted by Gasteiger charge is -2.25. The standard InChI is InChI=1S/C21H43N/c1-5-7-8-9-10-11-12-13-14-15-16-17-18-19-20-21(3,4)22-6-2/h11-12,22H,5-10,13-20H2,1-4H3/b12-11+. The Morgan fingerprint density at radius 2 is 1.18 bits per heavy atom. The van der Waals surface area contributed by atoms with E-state index in [4.69, 9.17) is 0 Å². The second-order valence-electron chi connectivity index (χ2n) is 7.39. The maximum atomic E-state index is 3.56. The van der Waals surface area contributed by atoms with Crippen LogP contribution in [0.1, 0.15) is 111 Å². The third-order valence-corrected chi connectivity index (χ3v) is 4.47. The number of rotatable bonds is 16. The monoisotopic (exact) mass is 309 g/mol. The molecule has 0 saturated carbocycles. The number of nitrogens with one attached hydrogen (secondary N) is 1. The van der Waals surface area contributed by atoms with Gasteiger partial charge in [0.2, 0.25) is 0 Å². The molecule has 132 valence electrons. The maximum Gasteiger partial charge on any atom is 0.0125 e. The predicted octanol–water partition coefficient (Wildman–Crippen LogP) is 7.02. The molecule has 1 heteroatoms. The van der Waals surface area contributed by atoms with E-state index in [1.165, 1.54) is 83.5 Å². The van der Waals surface area contributed by atoms with Gasteiger partial charge in [-0.2, -0.15) is 0 Å². The lowest BCUT2D eigenvalue weighted by Crippen LogP contribution is -2.38. The Bertz CT molecular complexity index is 242. The van der Waals surface area contributed by atoms with E-state index in [2.05, 4.69) is 45.2 Å². The Hall–Kier alpha value is -0.300. The summed E-state index contributed by atoms with van der Waals surface area (Å²) in [5, 5.41) is 3.56. The first-order chi connectivity index (χ1) is 10.6. The minimum atomic E-state index is 0.330. The molecule has 0 saturated heterocycles. The van der Waals surface area contributed by atoms with E-state index in [1.807, 2.05) is 0 Å². The zero-order valence-corrected chi connectivity index (χ0v) is 16.1. The summed E-state index contributed by atoms with van der Waals surface area (Å²) in [6, 6.07) is 0. The van der Waals surface area contributed by atoms with Crippen LogP contribution in [-0.2, 0) is 0 Å². The molecule has 1 N–H and O–H groups in total. The Morgan fingerprint density at radius 1 is 0.682 bits per heavy atom. The molecule has 0 unspecified atom stereocenters. The van der Waals surface area contributed by atoms with Crippen LogP contribution in [0.5, 0.6) is 0 Å². The second-order valence-corrected chi connectivity index (χ2v) is 7.39. The summed E-state index contributed by atoms with van der Waals surface area (Å²) in [6.07, 6.45) is 22.7. The molecule has 22 heavy (non-hydrogen) atoms. The van der Waals surface area contributed by atoms with Gasteiger partial charge in [-0.1, -0.05) is 77.4 Å². The molecular formula is C21H43N. The van der Waals surface area contributed by atoms with Gasteiger partial charge in [-0.25, -0.2) is 0 Å². The molecule has 0 aliphatic rings. The molecule has 0 amide bonds. The number of hydrogen-bond acceptors (Lipinski definition) is 1. The fourth-order valence-corrected chi connectivity index (χ4v) is 3.03. The molecule has 0 atom stereocenters. The zero-order chi connectivity index (χ0) is 16.5. The van der Waals surface area contributed by atoms with Crippen molar-refractivity contribution >= 4 is 0 Å². The molecular weight excluding hydrogens is 266 g/mol. The van der Waals surface area contributed by atoms with E-state index in [9.17, 15) is 0 Å². The van der Waals surface area contributed by atoms with E-state index in [0.29, 0.717) is 5.54 Å². The van der Waals surface area contributed by atoms with Gasteiger partial charge in [-0.05, 0) is 52.5 Å². The molecule has 0 heterocycles. The van der Waals surface area contributed by atoms with Crippen LogP contribution >= 0.6 is 0 Å². The fourth-order valence-electron chi connectivity index (χ4n) is 3.03. The van der Waals surface area contributed by atoms with Crippen LogP contribution in [0, 0.1) is 0 Å². The van der Waals surface area contributed by atoms with Crippen LogP contribution in [0.3, 0.4) is 0 Å².